The molecule has 74 heavy (non-hydrogen) atoms. The third kappa shape index (κ3) is 9.85. The monoisotopic (exact) mass is 1010 g/mol. The molecular weight excluding hydrogens is 955 g/mol. The Morgan fingerprint density at radius 3 is 2.51 bits per heavy atom. The van der Waals surface area contributed by atoms with Crippen LogP contribution >= 0.6 is 11.3 Å². The molecule has 4 aromatic carbocycles. The predicted octanol–water partition coefficient (Wildman–Crippen LogP) is 8.96. The van der Waals surface area contributed by atoms with Crippen molar-refractivity contribution in [3.63, 3.8) is 0 Å². The second-order valence-corrected chi connectivity index (χ2v) is 22.4. The Kier molecular flexibility index (Phi) is 12.8. The Labute approximate surface area is 432 Å². The van der Waals surface area contributed by atoms with E-state index in [1.54, 1.807) is 4.68 Å². The van der Waals surface area contributed by atoms with E-state index >= 15 is 0 Å². The first-order valence-electron chi connectivity index (χ1n) is 25.4. The molecule has 16 nitrogen and oxygen atoms in total. The zero-order chi connectivity index (χ0) is 51.5. The zero-order valence-corrected chi connectivity index (χ0v) is 43.1. The van der Waals surface area contributed by atoms with Gasteiger partial charge in [-0.2, -0.15) is 5.10 Å². The number of hydrogen-bond acceptors (Lipinski definition) is 13. The normalized spacial score (nSPS) is 17.6. The van der Waals surface area contributed by atoms with Crippen molar-refractivity contribution in [2.75, 3.05) is 48.3 Å². The number of aryl methyl sites for hydroxylation is 1. The Balaban J connectivity index is 0.697. The number of likely N-dealkylation sites (tertiary alicyclic amines) is 1. The molecule has 3 aliphatic heterocycles. The molecule has 1 spiro atoms. The summed E-state index contributed by atoms with van der Waals surface area (Å²) in [6.45, 7) is 11.3. The summed E-state index contributed by atoms with van der Waals surface area (Å²) in [5.74, 6) is 0.00408. The Morgan fingerprint density at radius 2 is 1.72 bits per heavy atom. The molecule has 3 fully saturated rings. The lowest BCUT2D eigenvalue weighted by molar-refractivity contribution is -0.134. The second-order valence-electron chi connectivity index (χ2n) is 21.4. The fourth-order valence-electron chi connectivity index (χ4n) is 11.4. The Hall–Kier alpha value is -7.50. The highest BCUT2D eigenvalue weighted by Crippen LogP contribution is 2.53. The maximum absolute atomic E-state index is 14.1. The lowest BCUT2D eigenvalue weighted by Gasteiger charge is -2.59. The van der Waals surface area contributed by atoms with Crippen molar-refractivity contribution in [3.8, 4) is 16.9 Å². The quantitative estimate of drug-likeness (QED) is 0.0736. The van der Waals surface area contributed by atoms with Gasteiger partial charge in [0.1, 0.15) is 17.2 Å². The number of nitrogens with zero attached hydrogens (tertiary/aromatic N) is 6. The molecule has 0 bridgehead atoms. The number of fused-ring (bicyclic) bond motifs is 3. The molecule has 7 aromatic rings. The lowest BCUT2D eigenvalue weighted by Crippen LogP contribution is -2.63. The van der Waals surface area contributed by atoms with Crippen LogP contribution in [0.2, 0.25) is 0 Å². The summed E-state index contributed by atoms with van der Waals surface area (Å²) in [6, 6.07) is 29.0. The van der Waals surface area contributed by atoms with Gasteiger partial charge in [-0.3, -0.25) is 39.4 Å². The minimum atomic E-state index is -0.749. The average Bonchev–Trinajstić information content (AvgIpc) is 3.91. The number of carbonyl (C=O) groups excluding carboxylic acids is 5. The van der Waals surface area contributed by atoms with Crippen molar-refractivity contribution in [2.45, 2.75) is 84.3 Å². The maximum Gasteiger partial charge on any atom is 0.358 e. The summed E-state index contributed by atoms with van der Waals surface area (Å²) in [7, 11) is 1.81. The summed E-state index contributed by atoms with van der Waals surface area (Å²) in [5, 5.41) is 14.5. The molecule has 6 heterocycles. The number of benzene rings is 4. The van der Waals surface area contributed by atoms with Crippen molar-refractivity contribution >= 4 is 78.7 Å². The van der Waals surface area contributed by atoms with E-state index in [0.29, 0.717) is 78.5 Å². The minimum Gasteiger partial charge on any atom is -0.493 e. The molecule has 3 N–H and O–H groups in total. The number of para-hydroxylation sites is 1. The Bertz CT molecular complexity index is 3370. The highest BCUT2D eigenvalue weighted by Gasteiger charge is 2.52. The van der Waals surface area contributed by atoms with Crippen LogP contribution in [0, 0.1) is 18.3 Å². The number of ether oxygens (including phenoxy) is 2. The number of anilines is 3. The molecule has 3 aromatic heterocycles. The fourth-order valence-corrected chi connectivity index (χ4v) is 12.3. The van der Waals surface area contributed by atoms with Crippen LogP contribution in [0.5, 0.6) is 5.75 Å². The van der Waals surface area contributed by atoms with Crippen LogP contribution < -0.4 is 25.6 Å². The van der Waals surface area contributed by atoms with Crippen molar-refractivity contribution in [3.05, 3.63) is 125 Å². The van der Waals surface area contributed by atoms with Gasteiger partial charge < -0.3 is 19.7 Å². The molecule has 1 saturated carbocycles. The summed E-state index contributed by atoms with van der Waals surface area (Å²) < 4.78 is 15.1. The van der Waals surface area contributed by atoms with E-state index in [2.05, 4.69) is 41.9 Å². The maximum atomic E-state index is 14.1. The molecule has 380 valence electrons. The van der Waals surface area contributed by atoms with Crippen LogP contribution in [0.4, 0.5) is 16.6 Å². The van der Waals surface area contributed by atoms with Gasteiger partial charge in [-0.1, -0.05) is 47.7 Å². The summed E-state index contributed by atoms with van der Waals surface area (Å²) in [4.78, 5) is 79.2. The van der Waals surface area contributed by atoms with Gasteiger partial charge in [0.2, 0.25) is 17.7 Å². The number of aromatic nitrogens is 4. The first kappa shape index (κ1) is 48.8. The fraction of sp³-hybridized carbons (Fsp3) is 0.368. The van der Waals surface area contributed by atoms with Gasteiger partial charge in [0, 0.05) is 61.8 Å². The zero-order valence-electron chi connectivity index (χ0n) is 42.2. The molecule has 4 amide bonds. The smallest absolute Gasteiger partial charge is 0.358 e. The second kappa shape index (κ2) is 19.4. The van der Waals surface area contributed by atoms with E-state index in [0.717, 1.165) is 81.5 Å². The predicted molar refractivity (Wildman–Crippen MR) is 285 cm³/mol. The van der Waals surface area contributed by atoms with E-state index in [-0.39, 0.29) is 41.2 Å². The number of thiazole rings is 1. The van der Waals surface area contributed by atoms with Crippen LogP contribution in [-0.2, 0) is 39.1 Å². The SMILES string of the molecule is Cc1c(OCCC2CC3(C2)CN(CC(=O)Nc2ccc4c(C5CCC(=O)NC5=O)nn(C)c4c2)C3)cccc1-c1ccc(N2CCc3cccc(C(=O)Nc4nc5ccccc5s4)c3C2)nc1C(=O)OC(C)(C)C. The molecule has 0 radical (unpaired) electrons. The minimum absolute atomic E-state index is 0.0783. The third-order valence-electron chi connectivity index (χ3n) is 14.8. The van der Waals surface area contributed by atoms with E-state index in [1.165, 1.54) is 11.3 Å². The van der Waals surface area contributed by atoms with E-state index in [1.807, 2.05) is 120 Å². The van der Waals surface area contributed by atoms with Crippen LogP contribution in [0.25, 0.3) is 32.2 Å². The van der Waals surface area contributed by atoms with Gasteiger partial charge in [0.15, 0.2) is 10.8 Å². The van der Waals surface area contributed by atoms with Crippen LogP contribution in [0.3, 0.4) is 0 Å². The van der Waals surface area contributed by atoms with Gasteiger partial charge in [0.25, 0.3) is 5.91 Å². The van der Waals surface area contributed by atoms with Crippen LogP contribution in [0.15, 0.2) is 91.0 Å². The highest BCUT2D eigenvalue weighted by molar-refractivity contribution is 7.22. The first-order valence-corrected chi connectivity index (χ1v) is 26.2. The highest BCUT2D eigenvalue weighted by atomic mass is 32.1. The van der Waals surface area contributed by atoms with E-state index in [4.69, 9.17) is 14.5 Å². The van der Waals surface area contributed by atoms with Gasteiger partial charge in [-0.15, -0.1) is 0 Å². The first-order chi connectivity index (χ1) is 35.5. The number of rotatable bonds is 13. The molecule has 1 unspecified atom stereocenters. The van der Waals surface area contributed by atoms with E-state index < -0.39 is 17.5 Å². The molecule has 4 aliphatic rings. The van der Waals surface area contributed by atoms with Crippen molar-refractivity contribution in [1.82, 2.24) is 30.0 Å². The molecular formula is C57H59N9O7S. The van der Waals surface area contributed by atoms with Gasteiger partial charge >= 0.3 is 5.97 Å². The molecule has 2 saturated heterocycles. The average molecular weight is 1010 g/mol. The standard InChI is InChI=1S/C57H59N9O7S/c1-33-37(38-18-20-47(60-51(38)54(71)73-56(2,3)4)66-24-22-35-10-8-12-39(42(35)29-66)52(69)62-55-59-43-13-6-7-15-46(43)74-55)11-9-14-45(33)72-25-23-34-27-57(28-34)31-65(32-57)30-49(68)58-36-16-17-40-44(26-36)64(5)63-50(40)41-19-21-48(67)61-53(41)70/h6-18,20,26,34,41H,19,21-25,27-32H2,1-5H3,(H,58,68)(H,59,62,69)(H,61,67,70). The summed E-state index contributed by atoms with van der Waals surface area (Å²) >= 11 is 1.44. The van der Waals surface area contributed by atoms with Crippen molar-refractivity contribution < 1.29 is 33.4 Å². The lowest BCUT2D eigenvalue weighted by atomic mass is 9.57. The van der Waals surface area contributed by atoms with Crippen molar-refractivity contribution in [2.24, 2.45) is 18.4 Å². The number of amides is 4. The van der Waals surface area contributed by atoms with Gasteiger partial charge in [-0.05, 0) is 148 Å². The molecule has 1 atom stereocenters. The number of pyridine rings is 1. The van der Waals surface area contributed by atoms with Gasteiger partial charge in [-0.25, -0.2) is 14.8 Å². The summed E-state index contributed by atoms with van der Waals surface area (Å²) in [6.07, 6.45) is 4.51. The number of imide groups is 1. The van der Waals surface area contributed by atoms with Crippen LogP contribution in [0.1, 0.15) is 102 Å². The summed E-state index contributed by atoms with van der Waals surface area (Å²) in [5.41, 5.74) is 7.63. The molecule has 17 heteroatoms. The largest absolute Gasteiger partial charge is 0.493 e. The van der Waals surface area contributed by atoms with E-state index in [9.17, 15) is 24.0 Å². The van der Waals surface area contributed by atoms with Crippen LogP contribution in [-0.4, -0.2) is 92.6 Å². The number of piperidine rings is 1. The molecule has 11 rings (SSSR count). The number of esters is 1. The molecule has 1 aliphatic carbocycles. The topological polar surface area (TPSA) is 190 Å². The van der Waals surface area contributed by atoms with Crippen molar-refractivity contribution in [1.29, 1.82) is 0 Å². The third-order valence-corrected chi connectivity index (χ3v) is 15.8. The van der Waals surface area contributed by atoms with Gasteiger partial charge in [0.05, 0.1) is 40.5 Å². The number of nitrogens with one attached hydrogen (secondary N) is 3. The number of hydrogen-bond donors (Lipinski definition) is 3. The number of carbonyl (C=O) groups is 5. The Morgan fingerprint density at radius 1 is 0.905 bits per heavy atom.